The molecule has 25 heavy (non-hydrogen) atoms. The van der Waals surface area contributed by atoms with Gasteiger partial charge in [0.25, 0.3) is 0 Å². The molecular weight excluding hydrogens is 316 g/mol. The second-order valence-corrected chi connectivity index (χ2v) is 6.53. The number of hydrogen-bond acceptors (Lipinski definition) is 4. The minimum Gasteiger partial charge on any atom is -0.324 e. The van der Waals surface area contributed by atoms with Crippen LogP contribution in [0.25, 0.3) is 10.9 Å². The summed E-state index contributed by atoms with van der Waals surface area (Å²) in [4.78, 5) is 23.3. The maximum atomic E-state index is 12.7. The minimum absolute atomic E-state index is 0.104. The molecule has 2 amide bonds. The number of aromatic nitrogens is 4. The molecule has 3 heterocycles. The fraction of sp³-hybridized carbons (Fsp3) is 0.333. The zero-order valence-electron chi connectivity index (χ0n) is 14.3. The molecule has 0 bridgehead atoms. The maximum Gasteiger partial charge on any atom is 0.321 e. The molecule has 2 aromatic heterocycles. The molecule has 7 heteroatoms. The van der Waals surface area contributed by atoms with Crippen molar-refractivity contribution in [3.63, 3.8) is 0 Å². The van der Waals surface area contributed by atoms with Gasteiger partial charge in [-0.05, 0) is 44.0 Å². The van der Waals surface area contributed by atoms with Crippen molar-refractivity contribution >= 4 is 22.6 Å². The first-order valence-electron chi connectivity index (χ1n) is 8.40. The average Bonchev–Trinajstić information content (AvgIpc) is 3.23. The molecular formula is C18H20N6O. The summed E-state index contributed by atoms with van der Waals surface area (Å²) in [6.07, 6.45) is 2.61. The van der Waals surface area contributed by atoms with Gasteiger partial charge in [-0.15, -0.1) is 0 Å². The summed E-state index contributed by atoms with van der Waals surface area (Å²) < 4.78 is 0. The number of anilines is 1. The van der Waals surface area contributed by atoms with Gasteiger partial charge in [0, 0.05) is 30.6 Å². The number of carbonyl (C=O) groups is 1. The van der Waals surface area contributed by atoms with Gasteiger partial charge in [0.2, 0.25) is 0 Å². The number of amides is 2. The number of aromatic amines is 1. The van der Waals surface area contributed by atoms with Gasteiger partial charge >= 0.3 is 6.03 Å². The molecule has 0 saturated carbocycles. The van der Waals surface area contributed by atoms with Gasteiger partial charge in [0.05, 0.1) is 11.2 Å². The molecule has 4 rings (SSSR count). The van der Waals surface area contributed by atoms with Crippen molar-refractivity contribution in [1.29, 1.82) is 0 Å². The van der Waals surface area contributed by atoms with E-state index in [0.29, 0.717) is 13.1 Å². The Morgan fingerprint density at radius 1 is 1.36 bits per heavy atom. The van der Waals surface area contributed by atoms with Crippen LogP contribution in [0.2, 0.25) is 0 Å². The number of nitrogens with zero attached hydrogens (tertiary/aromatic N) is 4. The highest BCUT2D eigenvalue weighted by atomic mass is 16.2. The van der Waals surface area contributed by atoms with Crippen molar-refractivity contribution in [3.8, 4) is 0 Å². The second kappa shape index (κ2) is 6.16. The van der Waals surface area contributed by atoms with E-state index in [0.717, 1.165) is 40.2 Å². The third-order valence-corrected chi connectivity index (χ3v) is 4.55. The smallest absolute Gasteiger partial charge is 0.321 e. The Balaban J connectivity index is 1.51. The van der Waals surface area contributed by atoms with Crippen LogP contribution in [0.3, 0.4) is 0 Å². The van der Waals surface area contributed by atoms with Crippen molar-refractivity contribution in [3.05, 3.63) is 47.7 Å². The molecule has 7 nitrogen and oxygen atoms in total. The Bertz CT molecular complexity index is 934. The maximum absolute atomic E-state index is 12.7. The number of urea groups is 1. The molecule has 1 atom stereocenters. The molecule has 128 valence electrons. The Morgan fingerprint density at radius 3 is 3.04 bits per heavy atom. The van der Waals surface area contributed by atoms with Gasteiger partial charge in [0.1, 0.15) is 5.82 Å². The summed E-state index contributed by atoms with van der Waals surface area (Å²) in [5, 5.41) is 11.1. The van der Waals surface area contributed by atoms with Gasteiger partial charge in [-0.1, -0.05) is 6.07 Å². The van der Waals surface area contributed by atoms with E-state index in [1.807, 2.05) is 36.9 Å². The zero-order valence-corrected chi connectivity index (χ0v) is 14.3. The van der Waals surface area contributed by atoms with Crippen molar-refractivity contribution in [1.82, 2.24) is 25.1 Å². The van der Waals surface area contributed by atoms with Crippen LogP contribution in [0, 0.1) is 13.8 Å². The summed E-state index contributed by atoms with van der Waals surface area (Å²) in [7, 11) is 0. The molecule has 3 aromatic rings. The Kier molecular flexibility index (Phi) is 3.83. The number of fused-ring (bicyclic) bond motifs is 1. The highest BCUT2D eigenvalue weighted by Gasteiger charge is 2.30. The number of hydrogen-bond donors (Lipinski definition) is 2. The molecule has 0 aliphatic carbocycles. The van der Waals surface area contributed by atoms with Crippen LogP contribution >= 0.6 is 0 Å². The first-order chi connectivity index (χ1) is 12.1. The van der Waals surface area contributed by atoms with Gasteiger partial charge in [-0.3, -0.25) is 10.1 Å². The Hall–Kier alpha value is -2.96. The lowest BCUT2D eigenvalue weighted by molar-refractivity contribution is 0.222. The lowest BCUT2D eigenvalue weighted by atomic mass is 10.1. The van der Waals surface area contributed by atoms with E-state index in [2.05, 4.69) is 31.5 Å². The fourth-order valence-electron chi connectivity index (χ4n) is 3.33. The quantitative estimate of drug-likeness (QED) is 0.753. The summed E-state index contributed by atoms with van der Waals surface area (Å²) in [5.41, 5.74) is 2.64. The zero-order chi connectivity index (χ0) is 17.4. The number of H-pyrrole nitrogens is 1. The van der Waals surface area contributed by atoms with Gasteiger partial charge in [-0.2, -0.15) is 5.10 Å². The Labute approximate surface area is 145 Å². The first kappa shape index (κ1) is 15.6. The monoisotopic (exact) mass is 336 g/mol. The molecule has 1 aromatic carbocycles. The predicted octanol–water partition coefficient (Wildman–Crippen LogP) is 2.99. The molecule has 0 radical (unpaired) electrons. The SMILES string of the molecule is Cc1cc(NC(=O)N2CC[C@H](c3n[nH]c(C)n3)C2)c2ncccc2c1. The first-order valence-corrected chi connectivity index (χ1v) is 8.40. The number of pyridine rings is 1. The van der Waals surface area contributed by atoms with Crippen molar-refractivity contribution in [2.75, 3.05) is 18.4 Å². The summed E-state index contributed by atoms with van der Waals surface area (Å²) in [6, 6.07) is 7.82. The largest absolute Gasteiger partial charge is 0.324 e. The van der Waals surface area contributed by atoms with Crippen LogP contribution in [-0.4, -0.2) is 44.2 Å². The number of likely N-dealkylation sites (tertiary alicyclic amines) is 1. The van der Waals surface area contributed by atoms with Crippen molar-refractivity contribution < 1.29 is 4.79 Å². The minimum atomic E-state index is -0.104. The van der Waals surface area contributed by atoms with Crippen LogP contribution < -0.4 is 5.32 Å². The lowest BCUT2D eigenvalue weighted by Crippen LogP contribution is -2.33. The fourth-order valence-corrected chi connectivity index (χ4v) is 3.33. The van der Waals surface area contributed by atoms with E-state index in [4.69, 9.17) is 0 Å². The van der Waals surface area contributed by atoms with Gasteiger partial charge in [-0.25, -0.2) is 9.78 Å². The summed E-state index contributed by atoms with van der Waals surface area (Å²) in [6.45, 7) is 5.22. The van der Waals surface area contributed by atoms with Crippen LogP contribution in [0.1, 0.15) is 29.6 Å². The number of carbonyl (C=O) groups excluding carboxylic acids is 1. The van der Waals surface area contributed by atoms with E-state index < -0.39 is 0 Å². The highest BCUT2D eigenvalue weighted by molar-refractivity contribution is 6.00. The van der Waals surface area contributed by atoms with E-state index in [-0.39, 0.29) is 11.9 Å². The molecule has 1 aliphatic rings. The van der Waals surface area contributed by atoms with E-state index in [1.165, 1.54) is 0 Å². The topological polar surface area (TPSA) is 86.8 Å². The predicted molar refractivity (Wildman–Crippen MR) is 95.5 cm³/mol. The standard InChI is InChI=1S/C18H20N6O/c1-11-8-13-4-3-6-19-16(13)15(9-11)21-18(25)24-7-5-14(10-24)17-20-12(2)22-23-17/h3-4,6,8-9,14H,5,7,10H2,1-2H3,(H,21,25)(H,20,22,23)/t14-/m0/s1. The molecule has 1 fully saturated rings. The van der Waals surface area contributed by atoms with Crippen LogP contribution in [0.4, 0.5) is 10.5 Å². The molecule has 0 spiro atoms. The van der Waals surface area contributed by atoms with Gasteiger partial charge < -0.3 is 10.2 Å². The molecule has 1 saturated heterocycles. The van der Waals surface area contributed by atoms with Crippen LogP contribution in [0.15, 0.2) is 30.5 Å². The van der Waals surface area contributed by atoms with Crippen LogP contribution in [0.5, 0.6) is 0 Å². The van der Waals surface area contributed by atoms with Crippen molar-refractivity contribution in [2.45, 2.75) is 26.2 Å². The normalized spacial score (nSPS) is 17.2. The summed E-state index contributed by atoms with van der Waals surface area (Å²) in [5.74, 6) is 1.77. The summed E-state index contributed by atoms with van der Waals surface area (Å²) >= 11 is 0. The number of aryl methyl sites for hydroxylation is 2. The third-order valence-electron chi connectivity index (χ3n) is 4.55. The van der Waals surface area contributed by atoms with E-state index >= 15 is 0 Å². The lowest BCUT2D eigenvalue weighted by Gasteiger charge is -2.18. The highest BCUT2D eigenvalue weighted by Crippen LogP contribution is 2.27. The van der Waals surface area contributed by atoms with Crippen molar-refractivity contribution in [2.24, 2.45) is 0 Å². The Morgan fingerprint density at radius 2 is 2.24 bits per heavy atom. The number of benzene rings is 1. The number of nitrogens with one attached hydrogen (secondary N) is 2. The van der Waals surface area contributed by atoms with Gasteiger partial charge in [0.15, 0.2) is 5.82 Å². The molecule has 0 unspecified atom stereocenters. The van der Waals surface area contributed by atoms with E-state index in [1.54, 1.807) is 6.20 Å². The third kappa shape index (κ3) is 3.05. The molecule has 2 N–H and O–H groups in total. The van der Waals surface area contributed by atoms with E-state index in [9.17, 15) is 4.79 Å². The molecule has 1 aliphatic heterocycles. The van der Waals surface area contributed by atoms with Crippen LogP contribution in [-0.2, 0) is 0 Å². The second-order valence-electron chi connectivity index (χ2n) is 6.53. The average molecular weight is 336 g/mol. The number of rotatable bonds is 2.